The summed E-state index contributed by atoms with van der Waals surface area (Å²) in [6.07, 6.45) is 3.56. The fourth-order valence-corrected chi connectivity index (χ4v) is 4.96. The van der Waals surface area contributed by atoms with Crippen molar-refractivity contribution in [1.82, 2.24) is 16.0 Å². The van der Waals surface area contributed by atoms with Crippen molar-refractivity contribution in [3.8, 4) is 11.1 Å². The molecule has 0 aliphatic heterocycles. The summed E-state index contributed by atoms with van der Waals surface area (Å²) in [7, 11) is 0. The summed E-state index contributed by atoms with van der Waals surface area (Å²) in [4.78, 5) is 24.1. The molecule has 3 aromatic rings. The molecule has 7 N–H and O–H groups in total. The molecule has 0 saturated carbocycles. The highest BCUT2D eigenvalue weighted by Crippen LogP contribution is 2.26. The maximum Gasteiger partial charge on any atom is 0.307 e. The Hall–Kier alpha value is -3.56. The van der Waals surface area contributed by atoms with Crippen molar-refractivity contribution in [1.29, 1.82) is 0 Å². The van der Waals surface area contributed by atoms with Gasteiger partial charge >= 0.3 is 11.9 Å². The second-order valence-electron chi connectivity index (χ2n) is 10.7. The fourth-order valence-electron chi connectivity index (χ4n) is 4.96. The smallest absolute Gasteiger partial charge is 0.307 e. The summed E-state index contributed by atoms with van der Waals surface area (Å²) >= 11 is 0. The molecule has 0 unspecified atom stereocenters. The molecule has 0 fully saturated rings. The maximum atomic E-state index is 12.1. The summed E-state index contributed by atoms with van der Waals surface area (Å²) < 4.78 is 0. The van der Waals surface area contributed by atoms with Crippen LogP contribution in [0, 0.1) is 11.8 Å². The highest BCUT2D eigenvalue weighted by atomic mass is 16.4. The quantitative estimate of drug-likeness (QED) is 0.105. The Balaban J connectivity index is 1.42. The van der Waals surface area contributed by atoms with Crippen molar-refractivity contribution in [2.45, 2.75) is 38.6 Å². The molecule has 0 spiro atoms. The Morgan fingerprint density at radius 1 is 0.571 bits per heavy atom. The Kier molecular flexibility index (Phi) is 14.7. The minimum atomic E-state index is -1.09. The average molecular weight is 575 g/mol. The van der Waals surface area contributed by atoms with E-state index in [-0.39, 0.29) is 12.8 Å². The van der Waals surface area contributed by atoms with Crippen molar-refractivity contribution in [3.05, 3.63) is 95.6 Å². The Bertz CT molecular complexity index is 1190. The molecule has 3 rings (SSSR count). The van der Waals surface area contributed by atoms with Crippen molar-refractivity contribution in [2.24, 2.45) is 17.6 Å². The van der Waals surface area contributed by atoms with Gasteiger partial charge in [0.25, 0.3) is 0 Å². The number of carbonyl (C=O) groups is 2. The first-order valence-electron chi connectivity index (χ1n) is 15.0. The van der Waals surface area contributed by atoms with Gasteiger partial charge in [-0.05, 0) is 99.2 Å². The second kappa shape index (κ2) is 18.8. The topological polar surface area (TPSA) is 137 Å². The molecule has 226 valence electrons. The van der Waals surface area contributed by atoms with Gasteiger partial charge in [0.2, 0.25) is 0 Å². The lowest BCUT2D eigenvalue weighted by Crippen LogP contribution is -2.33. The second-order valence-corrected chi connectivity index (χ2v) is 10.7. The molecule has 0 aromatic heterocycles. The molecule has 8 heteroatoms. The van der Waals surface area contributed by atoms with E-state index in [4.69, 9.17) is 5.73 Å². The van der Waals surface area contributed by atoms with E-state index >= 15 is 0 Å². The molecule has 8 nitrogen and oxygen atoms in total. The molecule has 2 atom stereocenters. The normalized spacial score (nSPS) is 12.6. The number of carboxylic acid groups (broad SMARTS) is 2. The fraction of sp³-hybridized carbons (Fsp3) is 0.412. The number of nitrogens with two attached hydrogens (primary N) is 1. The zero-order valence-corrected chi connectivity index (χ0v) is 24.4. The SMILES string of the molecule is NCCCNCCCNCCCNCc1ccc(-c2ccc(C[C@H](C(=O)O)[C@H](Cc3ccccc3)C(=O)O)cc2)cc1. The van der Waals surface area contributed by atoms with Crippen LogP contribution >= 0.6 is 0 Å². The van der Waals surface area contributed by atoms with Gasteiger partial charge in [-0.1, -0.05) is 78.9 Å². The minimum Gasteiger partial charge on any atom is -0.481 e. The molecule has 0 heterocycles. The van der Waals surface area contributed by atoms with E-state index in [0.717, 1.165) is 87.3 Å². The molecule has 3 aromatic carbocycles. The Labute approximate surface area is 249 Å². The van der Waals surface area contributed by atoms with Crippen LogP contribution in [0.25, 0.3) is 11.1 Å². The van der Waals surface area contributed by atoms with Gasteiger partial charge < -0.3 is 31.9 Å². The van der Waals surface area contributed by atoms with E-state index in [1.54, 1.807) is 0 Å². The predicted molar refractivity (Wildman–Crippen MR) is 168 cm³/mol. The van der Waals surface area contributed by atoms with Crippen LogP contribution in [0.15, 0.2) is 78.9 Å². The maximum absolute atomic E-state index is 12.1. The van der Waals surface area contributed by atoms with Crippen LogP contribution < -0.4 is 21.7 Å². The first-order chi connectivity index (χ1) is 20.5. The molecule has 0 aliphatic carbocycles. The van der Waals surface area contributed by atoms with Gasteiger partial charge in [-0.2, -0.15) is 0 Å². The summed E-state index contributed by atoms with van der Waals surface area (Å²) in [6, 6.07) is 25.3. The number of rotatable bonds is 21. The lowest BCUT2D eigenvalue weighted by molar-refractivity contribution is -0.153. The number of benzene rings is 3. The van der Waals surface area contributed by atoms with Crippen LogP contribution in [0.2, 0.25) is 0 Å². The third-order valence-electron chi connectivity index (χ3n) is 7.42. The molecule has 42 heavy (non-hydrogen) atoms. The predicted octanol–water partition coefficient (Wildman–Crippen LogP) is 3.94. The van der Waals surface area contributed by atoms with Crippen LogP contribution in [-0.2, 0) is 29.0 Å². The highest BCUT2D eigenvalue weighted by molar-refractivity contribution is 5.80. The third-order valence-corrected chi connectivity index (χ3v) is 7.42. The lowest BCUT2D eigenvalue weighted by atomic mass is 9.82. The zero-order chi connectivity index (χ0) is 30.0. The number of nitrogens with one attached hydrogen (secondary N) is 3. The van der Waals surface area contributed by atoms with E-state index in [0.29, 0.717) is 0 Å². The molecule has 0 saturated heterocycles. The van der Waals surface area contributed by atoms with Gasteiger partial charge in [0, 0.05) is 6.54 Å². The van der Waals surface area contributed by atoms with E-state index in [2.05, 4.69) is 40.2 Å². The van der Waals surface area contributed by atoms with E-state index in [1.165, 1.54) is 5.56 Å². The van der Waals surface area contributed by atoms with E-state index in [1.807, 2.05) is 54.6 Å². The summed E-state index contributed by atoms with van der Waals surface area (Å²) in [5.74, 6) is -4.22. The minimum absolute atomic E-state index is 0.159. The van der Waals surface area contributed by atoms with Crippen LogP contribution in [0.1, 0.15) is 36.0 Å². The van der Waals surface area contributed by atoms with Gasteiger partial charge in [0.05, 0.1) is 11.8 Å². The van der Waals surface area contributed by atoms with E-state index < -0.39 is 23.8 Å². The molecular formula is C34H46N4O4. The Morgan fingerprint density at radius 2 is 1.00 bits per heavy atom. The molecule has 0 radical (unpaired) electrons. The number of hydrogen-bond donors (Lipinski definition) is 6. The molecular weight excluding hydrogens is 528 g/mol. The van der Waals surface area contributed by atoms with Gasteiger partial charge in [-0.25, -0.2) is 0 Å². The average Bonchev–Trinajstić information content (AvgIpc) is 3.00. The van der Waals surface area contributed by atoms with Crippen molar-refractivity contribution < 1.29 is 19.8 Å². The van der Waals surface area contributed by atoms with Gasteiger partial charge in [0.15, 0.2) is 0 Å². The number of hydrogen-bond acceptors (Lipinski definition) is 6. The lowest BCUT2D eigenvalue weighted by Gasteiger charge is -2.21. The van der Waals surface area contributed by atoms with Crippen molar-refractivity contribution in [2.75, 3.05) is 39.3 Å². The van der Waals surface area contributed by atoms with Crippen molar-refractivity contribution >= 4 is 11.9 Å². The van der Waals surface area contributed by atoms with Crippen LogP contribution in [0.5, 0.6) is 0 Å². The summed E-state index contributed by atoms with van der Waals surface area (Å²) in [6.45, 7) is 6.56. The standard InChI is InChI=1S/C34H46N4O4/c35-17-4-18-36-19-5-20-37-21-6-22-38-25-28-11-15-30(16-12-28)29-13-9-27(10-14-29)24-32(34(41)42)31(33(39)40)23-26-7-2-1-3-8-26/h1-3,7-16,31-32,36-38H,4-6,17-25,35H2,(H,39,40)(H,41,42)/t31-,32-/m0/s1. The zero-order valence-electron chi connectivity index (χ0n) is 24.4. The molecule has 0 aliphatic rings. The Morgan fingerprint density at radius 3 is 1.48 bits per heavy atom. The highest BCUT2D eigenvalue weighted by Gasteiger charge is 2.34. The molecule has 0 amide bonds. The van der Waals surface area contributed by atoms with Gasteiger partial charge in [-0.15, -0.1) is 0 Å². The van der Waals surface area contributed by atoms with Crippen LogP contribution in [-0.4, -0.2) is 61.4 Å². The monoisotopic (exact) mass is 574 g/mol. The van der Waals surface area contributed by atoms with E-state index in [9.17, 15) is 19.8 Å². The third kappa shape index (κ3) is 11.7. The first-order valence-corrected chi connectivity index (χ1v) is 15.0. The number of carboxylic acids is 2. The summed E-state index contributed by atoms with van der Waals surface area (Å²) in [5, 5.41) is 30.1. The van der Waals surface area contributed by atoms with Gasteiger partial charge in [-0.3, -0.25) is 9.59 Å². The van der Waals surface area contributed by atoms with Crippen LogP contribution in [0.3, 0.4) is 0 Å². The molecule has 0 bridgehead atoms. The van der Waals surface area contributed by atoms with Crippen LogP contribution in [0.4, 0.5) is 0 Å². The first kappa shape index (κ1) is 32.9. The van der Waals surface area contributed by atoms with Crippen molar-refractivity contribution in [3.63, 3.8) is 0 Å². The number of aliphatic carboxylic acids is 2. The largest absolute Gasteiger partial charge is 0.481 e. The van der Waals surface area contributed by atoms with Gasteiger partial charge in [0.1, 0.15) is 0 Å². The summed E-state index contributed by atoms with van der Waals surface area (Å²) in [5.41, 5.74) is 10.4.